The molecule has 3 N–H and O–H groups in total. The fourth-order valence-electron chi connectivity index (χ4n) is 2.55. The Morgan fingerprint density at radius 3 is 2.32 bits per heavy atom. The van der Waals surface area contributed by atoms with Crippen LogP contribution >= 0.6 is 11.6 Å². The SMILES string of the molecule is CC(=O)Nc1ccc(Nc2ccnc(C(=O)Nc3cc(Cl)ccc3C)c2)cc1. The first-order valence-corrected chi connectivity index (χ1v) is 8.97. The molecule has 142 valence electrons. The molecule has 0 bridgehead atoms. The number of hydrogen-bond acceptors (Lipinski definition) is 4. The maximum Gasteiger partial charge on any atom is 0.274 e. The van der Waals surface area contributed by atoms with Gasteiger partial charge in [-0.2, -0.15) is 0 Å². The highest BCUT2D eigenvalue weighted by Gasteiger charge is 2.10. The number of aromatic nitrogens is 1. The number of carbonyl (C=O) groups is 2. The second kappa shape index (κ2) is 8.54. The standard InChI is InChI=1S/C21H19ClN4O2/c1-13-3-4-15(22)11-19(13)26-21(28)20-12-18(9-10-23-20)25-17-7-5-16(6-8-17)24-14(2)27/h3-12H,1-2H3,(H,23,25)(H,24,27)(H,26,28). The molecule has 3 aromatic rings. The number of pyridine rings is 1. The van der Waals surface area contributed by atoms with Gasteiger partial charge in [-0.3, -0.25) is 14.6 Å². The van der Waals surface area contributed by atoms with Crippen LogP contribution in [0.15, 0.2) is 60.8 Å². The van der Waals surface area contributed by atoms with Crippen molar-refractivity contribution in [3.8, 4) is 0 Å². The van der Waals surface area contributed by atoms with E-state index in [1.807, 2.05) is 25.1 Å². The molecule has 2 amide bonds. The van der Waals surface area contributed by atoms with Crippen LogP contribution in [-0.2, 0) is 4.79 Å². The molecule has 28 heavy (non-hydrogen) atoms. The van der Waals surface area contributed by atoms with Gasteiger partial charge in [0.15, 0.2) is 0 Å². The summed E-state index contributed by atoms with van der Waals surface area (Å²) < 4.78 is 0. The minimum atomic E-state index is -0.324. The summed E-state index contributed by atoms with van der Waals surface area (Å²) >= 11 is 6.00. The van der Waals surface area contributed by atoms with Crippen LogP contribution in [0.1, 0.15) is 23.0 Å². The van der Waals surface area contributed by atoms with Gasteiger partial charge >= 0.3 is 0 Å². The molecule has 0 radical (unpaired) electrons. The van der Waals surface area contributed by atoms with E-state index in [-0.39, 0.29) is 17.5 Å². The lowest BCUT2D eigenvalue weighted by atomic mass is 10.2. The summed E-state index contributed by atoms with van der Waals surface area (Å²) in [7, 11) is 0. The van der Waals surface area contributed by atoms with Gasteiger partial charge in [0.2, 0.25) is 5.91 Å². The van der Waals surface area contributed by atoms with E-state index in [9.17, 15) is 9.59 Å². The molecule has 0 aliphatic carbocycles. The third kappa shape index (κ3) is 5.08. The maximum absolute atomic E-state index is 12.5. The Kier molecular flexibility index (Phi) is 5.91. The fraction of sp³-hybridized carbons (Fsp3) is 0.0952. The van der Waals surface area contributed by atoms with Crippen molar-refractivity contribution in [2.75, 3.05) is 16.0 Å². The Balaban J connectivity index is 1.72. The molecular weight excluding hydrogens is 376 g/mol. The molecule has 6 nitrogen and oxygen atoms in total. The van der Waals surface area contributed by atoms with E-state index in [0.717, 1.165) is 16.9 Å². The summed E-state index contributed by atoms with van der Waals surface area (Å²) in [5.74, 6) is -0.449. The number of rotatable bonds is 5. The molecule has 0 fully saturated rings. The monoisotopic (exact) mass is 394 g/mol. The first kappa shape index (κ1) is 19.4. The minimum absolute atomic E-state index is 0.125. The number of halogens is 1. The molecule has 1 aromatic heterocycles. The van der Waals surface area contributed by atoms with Crippen molar-refractivity contribution in [1.29, 1.82) is 0 Å². The number of carbonyl (C=O) groups excluding carboxylic acids is 2. The van der Waals surface area contributed by atoms with Gasteiger partial charge in [0, 0.05) is 40.9 Å². The lowest BCUT2D eigenvalue weighted by Crippen LogP contribution is -2.14. The Labute approximate surface area is 168 Å². The third-order valence-electron chi connectivity index (χ3n) is 3.93. The number of amides is 2. The molecule has 0 spiro atoms. The zero-order valence-corrected chi connectivity index (χ0v) is 16.2. The molecule has 3 rings (SSSR count). The summed E-state index contributed by atoms with van der Waals surface area (Å²) in [6, 6.07) is 16.0. The largest absolute Gasteiger partial charge is 0.355 e. The topological polar surface area (TPSA) is 83.1 Å². The normalized spacial score (nSPS) is 10.2. The zero-order chi connectivity index (χ0) is 20.1. The third-order valence-corrected chi connectivity index (χ3v) is 4.17. The van der Waals surface area contributed by atoms with Crippen LogP contribution in [0.3, 0.4) is 0 Å². The van der Waals surface area contributed by atoms with Gasteiger partial charge in [-0.1, -0.05) is 17.7 Å². The second-order valence-electron chi connectivity index (χ2n) is 6.23. The van der Waals surface area contributed by atoms with E-state index in [0.29, 0.717) is 16.4 Å². The summed E-state index contributed by atoms with van der Waals surface area (Å²) in [6.07, 6.45) is 1.56. The first-order valence-electron chi connectivity index (χ1n) is 8.59. The smallest absolute Gasteiger partial charge is 0.274 e. The highest BCUT2D eigenvalue weighted by Crippen LogP contribution is 2.22. The Morgan fingerprint density at radius 1 is 0.893 bits per heavy atom. The van der Waals surface area contributed by atoms with Crippen LogP contribution in [0.25, 0.3) is 0 Å². The van der Waals surface area contributed by atoms with Crippen molar-refractivity contribution < 1.29 is 9.59 Å². The first-order chi connectivity index (χ1) is 13.4. The molecule has 2 aromatic carbocycles. The van der Waals surface area contributed by atoms with Gasteiger partial charge in [-0.15, -0.1) is 0 Å². The average molecular weight is 395 g/mol. The summed E-state index contributed by atoms with van der Waals surface area (Å²) in [5, 5.41) is 9.30. The van der Waals surface area contributed by atoms with Crippen LogP contribution in [0.4, 0.5) is 22.7 Å². The number of anilines is 4. The van der Waals surface area contributed by atoms with Crippen LogP contribution in [0.2, 0.25) is 5.02 Å². The van der Waals surface area contributed by atoms with E-state index in [2.05, 4.69) is 20.9 Å². The molecule has 0 atom stereocenters. The number of nitrogens with one attached hydrogen (secondary N) is 3. The van der Waals surface area contributed by atoms with Crippen LogP contribution in [-0.4, -0.2) is 16.8 Å². The molecule has 1 heterocycles. The van der Waals surface area contributed by atoms with Crippen molar-refractivity contribution >= 4 is 46.2 Å². The van der Waals surface area contributed by atoms with Crippen molar-refractivity contribution in [3.63, 3.8) is 0 Å². The quantitative estimate of drug-likeness (QED) is 0.568. The molecule has 0 unspecified atom stereocenters. The minimum Gasteiger partial charge on any atom is -0.355 e. The van der Waals surface area contributed by atoms with E-state index in [1.165, 1.54) is 6.92 Å². The van der Waals surface area contributed by atoms with Crippen molar-refractivity contribution in [2.24, 2.45) is 0 Å². The summed E-state index contributed by atoms with van der Waals surface area (Å²) in [4.78, 5) is 27.8. The Bertz CT molecular complexity index is 1020. The molecule has 0 saturated carbocycles. The molecule has 0 aliphatic rings. The highest BCUT2D eigenvalue weighted by atomic mass is 35.5. The molecule has 0 saturated heterocycles. The molecular formula is C21H19ClN4O2. The van der Waals surface area contributed by atoms with Crippen molar-refractivity contribution in [1.82, 2.24) is 4.98 Å². The number of hydrogen-bond donors (Lipinski definition) is 3. The van der Waals surface area contributed by atoms with E-state index >= 15 is 0 Å². The second-order valence-corrected chi connectivity index (χ2v) is 6.66. The van der Waals surface area contributed by atoms with E-state index in [4.69, 9.17) is 11.6 Å². The lowest BCUT2D eigenvalue weighted by molar-refractivity contribution is -0.114. The van der Waals surface area contributed by atoms with Gasteiger partial charge in [0.05, 0.1) is 0 Å². The number of aryl methyl sites for hydroxylation is 1. The molecule has 7 heteroatoms. The van der Waals surface area contributed by atoms with Gasteiger partial charge < -0.3 is 16.0 Å². The van der Waals surface area contributed by atoms with Crippen molar-refractivity contribution in [3.05, 3.63) is 77.1 Å². The Hall–Kier alpha value is -3.38. The molecule has 0 aliphatic heterocycles. The fourth-order valence-corrected chi connectivity index (χ4v) is 2.73. The number of nitrogens with zero attached hydrogens (tertiary/aromatic N) is 1. The predicted octanol–water partition coefficient (Wildman–Crippen LogP) is 5.00. The van der Waals surface area contributed by atoms with Gasteiger partial charge in [-0.05, 0) is 61.0 Å². The van der Waals surface area contributed by atoms with Gasteiger partial charge in [0.25, 0.3) is 5.91 Å². The zero-order valence-electron chi connectivity index (χ0n) is 15.4. The van der Waals surface area contributed by atoms with Gasteiger partial charge in [-0.25, -0.2) is 0 Å². The maximum atomic E-state index is 12.5. The van der Waals surface area contributed by atoms with Gasteiger partial charge in [0.1, 0.15) is 5.69 Å². The Morgan fingerprint density at radius 2 is 1.61 bits per heavy atom. The lowest BCUT2D eigenvalue weighted by Gasteiger charge is -2.11. The number of benzene rings is 2. The highest BCUT2D eigenvalue weighted by molar-refractivity contribution is 6.31. The van der Waals surface area contributed by atoms with Crippen LogP contribution in [0.5, 0.6) is 0 Å². The van der Waals surface area contributed by atoms with Crippen molar-refractivity contribution in [2.45, 2.75) is 13.8 Å². The van der Waals surface area contributed by atoms with Crippen LogP contribution in [0, 0.1) is 6.92 Å². The summed E-state index contributed by atoms with van der Waals surface area (Å²) in [5.41, 5.74) is 4.08. The van der Waals surface area contributed by atoms with E-state index in [1.54, 1.807) is 42.6 Å². The van der Waals surface area contributed by atoms with E-state index < -0.39 is 0 Å². The average Bonchev–Trinajstić information content (AvgIpc) is 2.66. The van der Waals surface area contributed by atoms with Crippen LogP contribution < -0.4 is 16.0 Å². The summed E-state index contributed by atoms with van der Waals surface area (Å²) in [6.45, 7) is 3.35. The predicted molar refractivity (Wildman–Crippen MR) is 112 cm³/mol.